The molecule has 0 unspecified atom stereocenters. The van der Waals surface area contributed by atoms with Gasteiger partial charge in [0.05, 0.1) is 0 Å². The van der Waals surface area contributed by atoms with Crippen LogP contribution in [0, 0.1) is 0 Å². The summed E-state index contributed by atoms with van der Waals surface area (Å²) in [5, 5.41) is 2.79. The van der Waals surface area contributed by atoms with Gasteiger partial charge < -0.3 is 15.0 Å². The highest BCUT2D eigenvalue weighted by molar-refractivity contribution is 6.04. The second-order valence-corrected chi connectivity index (χ2v) is 6.30. The predicted octanol–water partition coefficient (Wildman–Crippen LogP) is 4.61. The first kappa shape index (κ1) is 20.1. The van der Waals surface area contributed by atoms with Crippen molar-refractivity contribution in [1.29, 1.82) is 0 Å². The molecule has 148 valence electrons. The van der Waals surface area contributed by atoms with E-state index in [2.05, 4.69) is 10.3 Å². The molecule has 0 radical (unpaired) electrons. The lowest BCUT2D eigenvalue weighted by molar-refractivity contribution is 0.0773. The molecule has 2 amide bonds. The minimum absolute atomic E-state index is 0.117. The van der Waals surface area contributed by atoms with E-state index in [9.17, 15) is 9.59 Å². The average Bonchev–Trinajstić information content (AvgIpc) is 2.76. The first-order valence-corrected chi connectivity index (χ1v) is 9.50. The van der Waals surface area contributed by atoms with Crippen molar-refractivity contribution in [1.82, 2.24) is 9.88 Å². The topological polar surface area (TPSA) is 71.5 Å². The third kappa shape index (κ3) is 5.19. The van der Waals surface area contributed by atoms with Crippen molar-refractivity contribution in [2.24, 2.45) is 0 Å². The SMILES string of the molecule is CCN(CC)C(=O)c1ccnc(C(=O)Nc2ccc(Oc3ccccc3)cc2)c1. The van der Waals surface area contributed by atoms with Gasteiger partial charge in [0.1, 0.15) is 17.2 Å². The smallest absolute Gasteiger partial charge is 0.274 e. The van der Waals surface area contributed by atoms with Gasteiger partial charge in [-0.2, -0.15) is 0 Å². The van der Waals surface area contributed by atoms with Gasteiger partial charge in [-0.1, -0.05) is 18.2 Å². The molecule has 0 fully saturated rings. The second kappa shape index (κ2) is 9.50. The Bertz CT molecular complexity index is 968. The molecule has 0 bridgehead atoms. The number of nitrogens with zero attached hydrogens (tertiary/aromatic N) is 2. The summed E-state index contributed by atoms with van der Waals surface area (Å²) in [4.78, 5) is 30.8. The third-order valence-electron chi connectivity index (χ3n) is 4.38. The van der Waals surface area contributed by atoms with Crippen LogP contribution in [-0.4, -0.2) is 34.8 Å². The van der Waals surface area contributed by atoms with Crippen LogP contribution in [0.15, 0.2) is 72.9 Å². The first-order chi connectivity index (χ1) is 14.1. The summed E-state index contributed by atoms with van der Waals surface area (Å²) in [6.45, 7) is 5.05. The number of hydrogen-bond donors (Lipinski definition) is 1. The monoisotopic (exact) mass is 389 g/mol. The predicted molar refractivity (Wildman–Crippen MR) is 112 cm³/mol. The number of pyridine rings is 1. The largest absolute Gasteiger partial charge is 0.457 e. The maximum Gasteiger partial charge on any atom is 0.274 e. The van der Waals surface area contributed by atoms with Crippen LogP contribution >= 0.6 is 0 Å². The zero-order chi connectivity index (χ0) is 20.6. The Morgan fingerprint density at radius 2 is 1.59 bits per heavy atom. The van der Waals surface area contributed by atoms with Crippen LogP contribution < -0.4 is 10.1 Å². The average molecular weight is 389 g/mol. The van der Waals surface area contributed by atoms with Crippen molar-refractivity contribution in [3.05, 3.63) is 84.2 Å². The highest BCUT2D eigenvalue weighted by Crippen LogP contribution is 2.22. The molecule has 1 heterocycles. The number of hydrogen-bond acceptors (Lipinski definition) is 4. The Balaban J connectivity index is 1.67. The molecule has 0 saturated heterocycles. The lowest BCUT2D eigenvalue weighted by atomic mass is 10.2. The van der Waals surface area contributed by atoms with Gasteiger partial charge in [-0.25, -0.2) is 0 Å². The summed E-state index contributed by atoms with van der Waals surface area (Å²) >= 11 is 0. The van der Waals surface area contributed by atoms with Crippen LogP contribution in [0.25, 0.3) is 0 Å². The number of nitrogens with one attached hydrogen (secondary N) is 1. The van der Waals surface area contributed by atoms with E-state index in [4.69, 9.17) is 4.74 Å². The minimum Gasteiger partial charge on any atom is -0.457 e. The molecule has 0 aliphatic heterocycles. The number of para-hydroxylation sites is 1. The molecule has 0 aliphatic rings. The fraction of sp³-hybridized carbons (Fsp3) is 0.174. The van der Waals surface area contributed by atoms with E-state index in [1.165, 1.54) is 12.3 Å². The fourth-order valence-electron chi connectivity index (χ4n) is 2.81. The number of rotatable bonds is 7. The minimum atomic E-state index is -0.379. The molecule has 0 saturated carbocycles. The second-order valence-electron chi connectivity index (χ2n) is 6.30. The molecule has 1 N–H and O–H groups in total. The Hall–Kier alpha value is -3.67. The fourth-order valence-corrected chi connectivity index (χ4v) is 2.81. The number of carbonyl (C=O) groups is 2. The van der Waals surface area contributed by atoms with Crippen LogP contribution in [-0.2, 0) is 0 Å². The van der Waals surface area contributed by atoms with Gasteiger partial charge in [0.15, 0.2) is 0 Å². The zero-order valence-electron chi connectivity index (χ0n) is 16.5. The van der Waals surface area contributed by atoms with E-state index in [-0.39, 0.29) is 17.5 Å². The quantitative estimate of drug-likeness (QED) is 0.641. The van der Waals surface area contributed by atoms with E-state index in [0.717, 1.165) is 5.75 Å². The van der Waals surface area contributed by atoms with E-state index in [1.807, 2.05) is 44.2 Å². The normalized spacial score (nSPS) is 10.3. The van der Waals surface area contributed by atoms with E-state index < -0.39 is 0 Å². The van der Waals surface area contributed by atoms with Crippen molar-refractivity contribution in [3.8, 4) is 11.5 Å². The van der Waals surface area contributed by atoms with Gasteiger partial charge in [-0.3, -0.25) is 14.6 Å². The van der Waals surface area contributed by atoms with Gasteiger partial charge in [0.25, 0.3) is 11.8 Å². The molecule has 0 atom stereocenters. The Labute approximate surface area is 170 Å². The zero-order valence-corrected chi connectivity index (χ0v) is 16.5. The summed E-state index contributed by atoms with van der Waals surface area (Å²) in [7, 11) is 0. The molecule has 3 rings (SSSR count). The van der Waals surface area contributed by atoms with Gasteiger partial charge in [0.2, 0.25) is 0 Å². The number of aromatic nitrogens is 1. The highest BCUT2D eigenvalue weighted by Gasteiger charge is 2.15. The van der Waals surface area contributed by atoms with Gasteiger partial charge in [-0.15, -0.1) is 0 Å². The van der Waals surface area contributed by atoms with Gasteiger partial charge >= 0.3 is 0 Å². The van der Waals surface area contributed by atoms with Crippen molar-refractivity contribution >= 4 is 17.5 Å². The molecular weight excluding hydrogens is 366 g/mol. The van der Waals surface area contributed by atoms with E-state index in [1.54, 1.807) is 35.2 Å². The highest BCUT2D eigenvalue weighted by atomic mass is 16.5. The summed E-state index contributed by atoms with van der Waals surface area (Å²) in [5.74, 6) is 0.909. The van der Waals surface area contributed by atoms with Crippen LogP contribution in [0.3, 0.4) is 0 Å². The lowest BCUT2D eigenvalue weighted by Crippen LogP contribution is -2.30. The summed E-state index contributed by atoms with van der Waals surface area (Å²) in [6.07, 6.45) is 1.47. The number of anilines is 1. The van der Waals surface area contributed by atoms with Crippen molar-refractivity contribution in [3.63, 3.8) is 0 Å². The summed E-state index contributed by atoms with van der Waals surface area (Å²) < 4.78 is 5.74. The molecule has 0 aliphatic carbocycles. The number of benzene rings is 2. The molecule has 6 heteroatoms. The van der Waals surface area contributed by atoms with Crippen LogP contribution in [0.1, 0.15) is 34.7 Å². The first-order valence-electron chi connectivity index (χ1n) is 9.50. The van der Waals surface area contributed by atoms with E-state index in [0.29, 0.717) is 30.1 Å². The van der Waals surface area contributed by atoms with E-state index >= 15 is 0 Å². The maximum atomic E-state index is 12.5. The number of amides is 2. The summed E-state index contributed by atoms with van der Waals surface area (Å²) in [5.41, 5.74) is 1.24. The van der Waals surface area contributed by atoms with Crippen LogP contribution in [0.2, 0.25) is 0 Å². The Kier molecular flexibility index (Phi) is 6.58. The standard InChI is InChI=1S/C23H23N3O3/c1-3-26(4-2)23(28)17-14-15-24-21(16-17)22(27)25-18-10-12-20(13-11-18)29-19-8-6-5-7-9-19/h5-16H,3-4H2,1-2H3,(H,25,27). The molecular formula is C23H23N3O3. The molecule has 0 spiro atoms. The Morgan fingerprint density at radius 1 is 0.931 bits per heavy atom. The van der Waals surface area contributed by atoms with Crippen LogP contribution in [0.5, 0.6) is 11.5 Å². The molecule has 6 nitrogen and oxygen atoms in total. The summed E-state index contributed by atoms with van der Waals surface area (Å²) in [6, 6.07) is 19.6. The number of ether oxygens (including phenoxy) is 1. The van der Waals surface area contributed by atoms with Crippen molar-refractivity contribution < 1.29 is 14.3 Å². The number of carbonyl (C=O) groups excluding carboxylic acids is 2. The maximum absolute atomic E-state index is 12.5. The lowest BCUT2D eigenvalue weighted by Gasteiger charge is -2.18. The van der Waals surface area contributed by atoms with Gasteiger partial charge in [-0.05, 0) is 62.4 Å². The molecule has 1 aromatic heterocycles. The van der Waals surface area contributed by atoms with Crippen molar-refractivity contribution in [2.75, 3.05) is 18.4 Å². The van der Waals surface area contributed by atoms with Gasteiger partial charge in [0, 0.05) is 30.5 Å². The third-order valence-corrected chi connectivity index (χ3v) is 4.38. The Morgan fingerprint density at radius 3 is 2.24 bits per heavy atom. The molecule has 2 aromatic carbocycles. The molecule has 3 aromatic rings. The molecule has 29 heavy (non-hydrogen) atoms. The van der Waals surface area contributed by atoms with Crippen molar-refractivity contribution in [2.45, 2.75) is 13.8 Å². The van der Waals surface area contributed by atoms with Crippen LogP contribution in [0.4, 0.5) is 5.69 Å².